The molecule has 0 saturated carbocycles. The minimum absolute atomic E-state index is 0.0436. The summed E-state index contributed by atoms with van der Waals surface area (Å²) in [6.45, 7) is 11.2. The highest BCUT2D eigenvalue weighted by molar-refractivity contribution is 7.90. The van der Waals surface area contributed by atoms with Crippen molar-refractivity contribution in [1.29, 1.82) is 0 Å². The van der Waals surface area contributed by atoms with Crippen molar-refractivity contribution in [1.82, 2.24) is 14.9 Å². The molecule has 3 N–H and O–H groups in total. The predicted molar refractivity (Wildman–Crippen MR) is 130 cm³/mol. The SMILES string of the molecule is C=CCOc1cc(Cl)c(Cl)cc1[C@H](N[S@@+]([O-])C(C)(C)C)C1CCN(c2noc(N)n2)CC1. The zero-order chi connectivity index (χ0) is 23.5. The maximum absolute atomic E-state index is 13.1. The second kappa shape index (κ2) is 10.5. The fraction of sp³-hybridized carbons (Fsp3) is 0.524. The first kappa shape index (κ1) is 25.0. The van der Waals surface area contributed by atoms with Crippen LogP contribution < -0.4 is 20.1 Å². The zero-order valence-corrected chi connectivity index (χ0v) is 20.8. The van der Waals surface area contributed by atoms with E-state index < -0.39 is 16.1 Å². The van der Waals surface area contributed by atoms with Gasteiger partial charge in [0.1, 0.15) is 17.1 Å². The third-order valence-electron chi connectivity index (χ3n) is 5.26. The van der Waals surface area contributed by atoms with Gasteiger partial charge in [-0.25, -0.2) is 0 Å². The van der Waals surface area contributed by atoms with Crippen LogP contribution in [0, 0.1) is 5.92 Å². The van der Waals surface area contributed by atoms with Gasteiger partial charge in [-0.3, -0.25) is 0 Å². The number of ether oxygens (including phenoxy) is 1. The number of hydrogen-bond acceptors (Lipinski definition) is 8. The first-order chi connectivity index (χ1) is 15.1. The molecule has 32 heavy (non-hydrogen) atoms. The molecule has 2 atom stereocenters. The first-order valence-corrected chi connectivity index (χ1v) is 12.3. The number of anilines is 2. The molecule has 11 heteroatoms. The molecule has 0 radical (unpaired) electrons. The fourth-order valence-corrected chi connectivity index (χ4v) is 4.78. The lowest BCUT2D eigenvalue weighted by Gasteiger charge is -2.37. The maximum atomic E-state index is 13.1. The topological polar surface area (TPSA) is 112 Å². The van der Waals surface area contributed by atoms with Gasteiger partial charge in [0, 0.05) is 36.1 Å². The Kier molecular flexibility index (Phi) is 8.21. The van der Waals surface area contributed by atoms with Crippen LogP contribution in [0.2, 0.25) is 10.0 Å². The number of nitrogens with zero attached hydrogens (tertiary/aromatic N) is 3. The lowest BCUT2D eigenvalue weighted by Crippen LogP contribution is -2.46. The Morgan fingerprint density at radius 2 is 2.03 bits per heavy atom. The van der Waals surface area contributed by atoms with Crippen LogP contribution in [0.3, 0.4) is 0 Å². The molecule has 2 heterocycles. The highest BCUT2D eigenvalue weighted by Gasteiger charge is 2.37. The molecule has 1 aromatic carbocycles. The maximum Gasteiger partial charge on any atom is 0.320 e. The third-order valence-corrected chi connectivity index (χ3v) is 7.56. The van der Waals surface area contributed by atoms with E-state index in [1.54, 1.807) is 18.2 Å². The van der Waals surface area contributed by atoms with E-state index >= 15 is 0 Å². The van der Waals surface area contributed by atoms with Gasteiger partial charge in [0.2, 0.25) is 0 Å². The molecule has 0 aliphatic carbocycles. The van der Waals surface area contributed by atoms with Crippen LogP contribution in [0.1, 0.15) is 45.2 Å². The number of hydrogen-bond donors (Lipinski definition) is 2. The van der Waals surface area contributed by atoms with Crippen LogP contribution in [0.4, 0.5) is 12.0 Å². The van der Waals surface area contributed by atoms with E-state index in [-0.39, 0.29) is 18.0 Å². The van der Waals surface area contributed by atoms with Gasteiger partial charge in [0.05, 0.1) is 16.1 Å². The van der Waals surface area contributed by atoms with Crippen LogP contribution in [0.5, 0.6) is 5.75 Å². The van der Waals surface area contributed by atoms with Gasteiger partial charge in [-0.15, -0.1) is 4.72 Å². The standard InChI is InChI=1S/C21H29Cl2N5O3S/c1-5-10-30-17-12-16(23)15(22)11-14(17)18(27-32(29)21(2,3)4)13-6-8-28(9-7-13)20-25-19(24)31-26-20/h5,11-13,18,27H,1,6-10H2,2-4H3,(H2,24,25,26)/t18-,32+/m1/s1. The number of rotatable bonds is 8. The summed E-state index contributed by atoms with van der Waals surface area (Å²) in [5.74, 6) is 1.23. The molecular weight excluding hydrogens is 473 g/mol. The van der Waals surface area contributed by atoms with Crippen molar-refractivity contribution in [3.63, 3.8) is 0 Å². The molecule has 1 saturated heterocycles. The van der Waals surface area contributed by atoms with Gasteiger partial charge < -0.3 is 24.4 Å². The number of nitrogens with two attached hydrogens (primary N) is 1. The van der Waals surface area contributed by atoms with Crippen LogP contribution in [0.25, 0.3) is 0 Å². The summed E-state index contributed by atoms with van der Waals surface area (Å²) in [5.41, 5.74) is 6.38. The normalized spacial score (nSPS) is 17.2. The number of aromatic nitrogens is 2. The molecular formula is C21H29Cl2N5O3S. The molecule has 0 bridgehead atoms. The van der Waals surface area contributed by atoms with Crippen molar-refractivity contribution >= 4 is 46.5 Å². The Morgan fingerprint density at radius 3 is 2.59 bits per heavy atom. The molecule has 8 nitrogen and oxygen atoms in total. The molecule has 1 aliphatic rings. The largest absolute Gasteiger partial charge is 0.598 e. The predicted octanol–water partition coefficient (Wildman–Crippen LogP) is 4.53. The van der Waals surface area contributed by atoms with Crippen molar-refractivity contribution in [3.8, 4) is 5.75 Å². The number of nitrogens with one attached hydrogen (secondary N) is 1. The number of nitrogen functional groups attached to an aromatic ring is 1. The summed E-state index contributed by atoms with van der Waals surface area (Å²) in [7, 11) is 0. The van der Waals surface area contributed by atoms with Crippen LogP contribution >= 0.6 is 23.2 Å². The van der Waals surface area contributed by atoms with Gasteiger partial charge >= 0.3 is 6.01 Å². The summed E-state index contributed by atoms with van der Waals surface area (Å²) < 4.78 is 26.8. The summed E-state index contributed by atoms with van der Waals surface area (Å²) in [6.07, 6.45) is 3.26. The van der Waals surface area contributed by atoms with E-state index in [4.69, 9.17) is 38.2 Å². The minimum atomic E-state index is -1.31. The second-order valence-electron chi connectivity index (χ2n) is 8.64. The average Bonchev–Trinajstić information content (AvgIpc) is 3.18. The van der Waals surface area contributed by atoms with Gasteiger partial charge in [0.15, 0.2) is 0 Å². The van der Waals surface area contributed by atoms with Gasteiger partial charge in [-0.05, 0) is 50.8 Å². The highest BCUT2D eigenvalue weighted by Crippen LogP contribution is 2.41. The zero-order valence-electron chi connectivity index (χ0n) is 18.4. The van der Waals surface area contributed by atoms with Crippen molar-refractivity contribution in [2.24, 2.45) is 5.92 Å². The average molecular weight is 502 g/mol. The van der Waals surface area contributed by atoms with Crippen LogP contribution in [-0.2, 0) is 11.4 Å². The third kappa shape index (κ3) is 6.02. The Balaban J connectivity index is 1.89. The molecule has 176 valence electrons. The van der Waals surface area contributed by atoms with Crippen molar-refractivity contribution in [2.45, 2.75) is 44.4 Å². The molecule has 3 rings (SSSR count). The number of halogens is 2. The minimum Gasteiger partial charge on any atom is -0.598 e. The Hall–Kier alpha value is -1.65. The fourth-order valence-electron chi connectivity index (χ4n) is 3.55. The Labute approximate surface area is 201 Å². The summed E-state index contributed by atoms with van der Waals surface area (Å²) in [6, 6.07) is 3.28. The molecule has 1 fully saturated rings. The molecule has 1 aromatic heterocycles. The van der Waals surface area contributed by atoms with Gasteiger partial charge in [-0.1, -0.05) is 35.9 Å². The van der Waals surface area contributed by atoms with E-state index in [0.29, 0.717) is 41.4 Å². The monoisotopic (exact) mass is 501 g/mol. The quantitative estimate of drug-likeness (QED) is 0.400. The van der Waals surface area contributed by atoms with Crippen LogP contribution in [-0.4, -0.2) is 39.1 Å². The van der Waals surface area contributed by atoms with Crippen molar-refractivity contribution in [3.05, 3.63) is 40.4 Å². The molecule has 2 aromatic rings. The Bertz CT molecular complexity index is 929. The van der Waals surface area contributed by atoms with E-state index in [0.717, 1.165) is 18.4 Å². The number of piperidine rings is 1. The summed E-state index contributed by atoms with van der Waals surface area (Å²) in [4.78, 5) is 6.14. The smallest absolute Gasteiger partial charge is 0.320 e. The van der Waals surface area contributed by atoms with Gasteiger partial charge in [-0.2, -0.15) is 4.98 Å². The van der Waals surface area contributed by atoms with Crippen molar-refractivity contribution < 1.29 is 13.8 Å². The second-order valence-corrected chi connectivity index (χ2v) is 11.4. The van der Waals surface area contributed by atoms with E-state index in [1.807, 2.05) is 25.7 Å². The molecule has 0 amide bonds. The molecule has 0 unspecified atom stereocenters. The first-order valence-electron chi connectivity index (χ1n) is 10.3. The lowest BCUT2D eigenvalue weighted by atomic mass is 9.85. The van der Waals surface area contributed by atoms with Crippen molar-refractivity contribution in [2.75, 3.05) is 30.3 Å². The van der Waals surface area contributed by atoms with E-state index in [1.165, 1.54) is 0 Å². The van der Waals surface area contributed by atoms with E-state index in [2.05, 4.69) is 21.4 Å². The molecule has 0 spiro atoms. The van der Waals surface area contributed by atoms with Gasteiger partial charge in [0.25, 0.3) is 5.95 Å². The summed E-state index contributed by atoms with van der Waals surface area (Å²) >= 11 is 11.3. The van der Waals surface area contributed by atoms with E-state index in [9.17, 15) is 4.55 Å². The van der Waals surface area contributed by atoms with Crippen LogP contribution in [0.15, 0.2) is 29.3 Å². The summed E-state index contributed by atoms with van der Waals surface area (Å²) in [5, 5.41) is 4.72. The lowest BCUT2D eigenvalue weighted by molar-refractivity contribution is 0.305. The molecule has 1 aliphatic heterocycles. The number of benzene rings is 1. The highest BCUT2D eigenvalue weighted by atomic mass is 35.5. The Morgan fingerprint density at radius 1 is 1.38 bits per heavy atom.